The fraction of sp³-hybridized carbons (Fsp3) is 0.613. The summed E-state index contributed by atoms with van der Waals surface area (Å²) in [6, 6.07) is 9.36. The number of furan rings is 1. The van der Waals surface area contributed by atoms with Gasteiger partial charge in [-0.05, 0) is 66.4 Å². The third kappa shape index (κ3) is 5.84. The molecule has 2 saturated heterocycles. The second-order valence-electron chi connectivity index (χ2n) is 12.7. The van der Waals surface area contributed by atoms with E-state index in [-0.39, 0.29) is 5.41 Å². The zero-order chi connectivity index (χ0) is 25.3. The van der Waals surface area contributed by atoms with E-state index in [1.54, 1.807) is 6.26 Å². The first-order chi connectivity index (χ1) is 17.2. The summed E-state index contributed by atoms with van der Waals surface area (Å²) in [6.07, 6.45) is 11.2. The fourth-order valence-corrected chi connectivity index (χ4v) is 6.95. The molecule has 2 fully saturated rings. The molecule has 196 valence electrons. The smallest absolute Gasteiger partial charge is 0.0947 e. The lowest BCUT2D eigenvalue weighted by atomic mass is 9.65. The molecular formula is C31H45N3O2. The zero-order valence-electron chi connectivity index (χ0n) is 23.1. The quantitative estimate of drug-likeness (QED) is 0.464. The second-order valence-corrected chi connectivity index (χ2v) is 12.7. The molecule has 0 amide bonds. The first-order valence-corrected chi connectivity index (χ1v) is 13.8. The molecule has 5 heteroatoms. The minimum atomic E-state index is 0.213. The highest BCUT2D eigenvalue weighted by Gasteiger charge is 2.35. The maximum atomic E-state index is 5.63. The Labute approximate surface area is 218 Å². The van der Waals surface area contributed by atoms with E-state index < -0.39 is 0 Å². The minimum Gasteiger partial charge on any atom is -0.472 e. The molecule has 0 atom stereocenters. The zero-order valence-corrected chi connectivity index (χ0v) is 23.1. The third-order valence-electron chi connectivity index (χ3n) is 8.33. The van der Waals surface area contributed by atoms with Crippen molar-refractivity contribution in [3.8, 4) is 0 Å². The molecule has 2 aliphatic heterocycles. The monoisotopic (exact) mass is 491 g/mol. The maximum absolute atomic E-state index is 5.63. The maximum Gasteiger partial charge on any atom is 0.0947 e. The highest BCUT2D eigenvalue weighted by atomic mass is 16.5. The van der Waals surface area contributed by atoms with E-state index in [1.165, 1.54) is 34.5 Å². The number of allylic oxidation sites excluding steroid dienone is 2. The second kappa shape index (κ2) is 10.3. The lowest BCUT2D eigenvalue weighted by molar-refractivity contribution is 0.0819. The van der Waals surface area contributed by atoms with Gasteiger partial charge in [0.15, 0.2) is 0 Å². The number of nitrogens with zero attached hydrogens (tertiary/aromatic N) is 3. The Bertz CT molecular complexity index is 1040. The summed E-state index contributed by atoms with van der Waals surface area (Å²) in [4.78, 5) is 7.73. The predicted molar refractivity (Wildman–Crippen MR) is 150 cm³/mol. The Morgan fingerprint density at radius 1 is 0.944 bits per heavy atom. The van der Waals surface area contributed by atoms with Crippen LogP contribution in [0.1, 0.15) is 64.5 Å². The number of hydrogen-bond acceptors (Lipinski definition) is 5. The van der Waals surface area contributed by atoms with Gasteiger partial charge in [0.05, 0.1) is 18.6 Å². The van der Waals surface area contributed by atoms with E-state index in [9.17, 15) is 0 Å². The van der Waals surface area contributed by atoms with Crippen LogP contribution in [0.25, 0.3) is 5.57 Å². The molecular weight excluding hydrogens is 446 g/mol. The Balaban J connectivity index is 1.41. The van der Waals surface area contributed by atoms with Gasteiger partial charge in [-0.15, -0.1) is 0 Å². The van der Waals surface area contributed by atoms with Gasteiger partial charge in [0.25, 0.3) is 0 Å². The molecule has 0 spiro atoms. The number of piperidine rings is 1. The molecule has 1 aliphatic carbocycles. The van der Waals surface area contributed by atoms with Crippen molar-refractivity contribution < 1.29 is 9.15 Å². The number of methoxy groups -OCH3 is 1. The molecule has 2 aromatic rings. The van der Waals surface area contributed by atoms with Crippen LogP contribution in [0, 0.1) is 10.8 Å². The normalized spacial score (nSPS) is 23.1. The van der Waals surface area contributed by atoms with Crippen molar-refractivity contribution in [2.75, 3.05) is 56.2 Å². The molecule has 0 saturated carbocycles. The number of hydrogen-bond donors (Lipinski definition) is 0. The Morgan fingerprint density at radius 2 is 1.69 bits per heavy atom. The summed E-state index contributed by atoms with van der Waals surface area (Å²) >= 11 is 0. The summed E-state index contributed by atoms with van der Waals surface area (Å²) in [6.45, 7) is 17.1. The van der Waals surface area contributed by atoms with Crippen molar-refractivity contribution in [2.45, 2.75) is 66.0 Å². The molecule has 1 aromatic carbocycles. The van der Waals surface area contributed by atoms with Crippen LogP contribution in [0.15, 0.2) is 47.3 Å². The highest BCUT2D eigenvalue weighted by molar-refractivity contribution is 5.81. The van der Waals surface area contributed by atoms with Crippen LogP contribution in [0.3, 0.4) is 0 Å². The number of anilines is 2. The first kappa shape index (κ1) is 25.4. The van der Waals surface area contributed by atoms with E-state index in [1.807, 2.05) is 13.4 Å². The third-order valence-corrected chi connectivity index (χ3v) is 8.33. The highest BCUT2D eigenvalue weighted by Crippen LogP contribution is 2.49. The van der Waals surface area contributed by atoms with Gasteiger partial charge in [0.2, 0.25) is 0 Å². The van der Waals surface area contributed by atoms with Gasteiger partial charge in [-0.3, -0.25) is 4.90 Å². The molecule has 1 aromatic heterocycles. The molecule has 0 bridgehead atoms. The van der Waals surface area contributed by atoms with Crippen molar-refractivity contribution in [3.63, 3.8) is 0 Å². The molecule has 0 radical (unpaired) electrons. The predicted octanol–water partition coefficient (Wildman–Crippen LogP) is 6.45. The van der Waals surface area contributed by atoms with E-state index in [2.05, 4.69) is 72.7 Å². The number of benzene rings is 1. The Kier molecular flexibility index (Phi) is 7.24. The number of piperazine rings is 1. The molecule has 3 aliphatic rings. The summed E-state index contributed by atoms with van der Waals surface area (Å²) < 4.78 is 10.9. The van der Waals surface area contributed by atoms with Crippen LogP contribution >= 0.6 is 0 Å². The summed E-state index contributed by atoms with van der Waals surface area (Å²) in [5.74, 6) is 0. The van der Waals surface area contributed by atoms with Gasteiger partial charge in [-0.1, -0.05) is 33.8 Å². The van der Waals surface area contributed by atoms with E-state index in [4.69, 9.17) is 9.15 Å². The van der Waals surface area contributed by atoms with Gasteiger partial charge in [0, 0.05) is 75.4 Å². The largest absolute Gasteiger partial charge is 0.472 e. The number of ether oxygens (including phenoxy) is 1. The van der Waals surface area contributed by atoms with Crippen LogP contribution in [0.4, 0.5) is 11.4 Å². The van der Waals surface area contributed by atoms with Gasteiger partial charge >= 0.3 is 0 Å². The van der Waals surface area contributed by atoms with E-state index >= 15 is 0 Å². The van der Waals surface area contributed by atoms with Crippen molar-refractivity contribution in [3.05, 3.63) is 54.0 Å². The summed E-state index contributed by atoms with van der Waals surface area (Å²) in [5, 5.41) is 0. The Morgan fingerprint density at radius 3 is 2.33 bits per heavy atom. The van der Waals surface area contributed by atoms with Crippen molar-refractivity contribution >= 4 is 16.9 Å². The van der Waals surface area contributed by atoms with Gasteiger partial charge in [-0.2, -0.15) is 0 Å². The van der Waals surface area contributed by atoms with E-state index in [0.29, 0.717) is 11.5 Å². The topological polar surface area (TPSA) is 32.1 Å². The van der Waals surface area contributed by atoms with Crippen molar-refractivity contribution in [2.24, 2.45) is 10.8 Å². The van der Waals surface area contributed by atoms with Crippen LogP contribution in [0.2, 0.25) is 0 Å². The molecule has 0 N–H and O–H groups in total. The average molecular weight is 492 g/mol. The average Bonchev–Trinajstić information content (AvgIpc) is 3.35. The van der Waals surface area contributed by atoms with Gasteiger partial charge in [0.1, 0.15) is 0 Å². The van der Waals surface area contributed by atoms with Crippen molar-refractivity contribution in [1.82, 2.24) is 4.90 Å². The van der Waals surface area contributed by atoms with Crippen LogP contribution in [0.5, 0.6) is 0 Å². The van der Waals surface area contributed by atoms with Crippen LogP contribution < -0.4 is 9.80 Å². The van der Waals surface area contributed by atoms with Crippen LogP contribution in [-0.2, 0) is 11.3 Å². The minimum absolute atomic E-state index is 0.213. The molecule has 3 heterocycles. The first-order valence-electron chi connectivity index (χ1n) is 13.8. The lowest BCUT2D eigenvalue weighted by Gasteiger charge is -2.42. The van der Waals surface area contributed by atoms with Gasteiger partial charge < -0.3 is 19.0 Å². The van der Waals surface area contributed by atoms with Gasteiger partial charge in [-0.25, -0.2) is 0 Å². The SMILES string of the molecule is COC1CCN(c2ccc(N3CCN(Cc4ccoc4)CC3)c(C3=CC(C)(C)CC(C)(C)C3)c2)CC1. The number of rotatable bonds is 6. The standard InChI is InChI=1S/C31H45N3O2/c1-30(2)19-25(20-31(3,4)23-30)28-18-26(33-11-8-27(35-5)9-12-33)6-7-29(28)34-15-13-32(14-16-34)21-24-10-17-36-22-24/h6-7,10,17-19,22,27H,8-9,11-16,20-21,23H2,1-5H3. The molecule has 0 unspecified atom stereocenters. The summed E-state index contributed by atoms with van der Waals surface area (Å²) in [7, 11) is 1.85. The van der Waals surface area contributed by atoms with Crippen LogP contribution in [-0.4, -0.2) is 57.4 Å². The fourth-order valence-electron chi connectivity index (χ4n) is 6.95. The van der Waals surface area contributed by atoms with E-state index in [0.717, 1.165) is 65.1 Å². The van der Waals surface area contributed by atoms with Crippen molar-refractivity contribution in [1.29, 1.82) is 0 Å². The lowest BCUT2D eigenvalue weighted by Crippen LogP contribution is -2.46. The summed E-state index contributed by atoms with van der Waals surface area (Å²) in [5.41, 5.74) is 7.54. The molecule has 5 rings (SSSR count). The molecule has 36 heavy (non-hydrogen) atoms. The molecule has 5 nitrogen and oxygen atoms in total. The Hall–Kier alpha value is -2.24.